The molecular formula is C14H23BO3. The summed E-state index contributed by atoms with van der Waals surface area (Å²) in [5.74, 6) is 0. The number of aliphatic hydroxyl groups is 1. The molecule has 1 aromatic rings. The van der Waals surface area contributed by atoms with Crippen molar-refractivity contribution in [1.29, 1.82) is 0 Å². The summed E-state index contributed by atoms with van der Waals surface area (Å²) in [6.45, 7) is 5.96. The molecule has 3 nitrogen and oxygen atoms in total. The predicted octanol–water partition coefficient (Wildman–Crippen LogP) is 1.33. The highest BCUT2D eigenvalue weighted by Gasteiger charge is 2.26. The standard InChI is InChI=1S/C14H23BO3/c1-4-7-11-10-12(14(16,5-2)6-3)8-9-13(11)15(17)18/h8-10,16-18H,4-7H2,1-3H3. The van der Waals surface area contributed by atoms with E-state index in [1.54, 1.807) is 12.1 Å². The van der Waals surface area contributed by atoms with Crippen LogP contribution in [0, 0.1) is 0 Å². The van der Waals surface area contributed by atoms with Crippen molar-refractivity contribution in [3.63, 3.8) is 0 Å². The second-order valence-electron chi connectivity index (χ2n) is 4.78. The molecule has 0 saturated heterocycles. The average Bonchev–Trinajstić information content (AvgIpc) is 2.37. The Kier molecular flexibility index (Phi) is 5.38. The van der Waals surface area contributed by atoms with E-state index in [0.717, 1.165) is 24.0 Å². The van der Waals surface area contributed by atoms with Crippen LogP contribution < -0.4 is 5.46 Å². The van der Waals surface area contributed by atoms with Crippen LogP contribution in [0.15, 0.2) is 18.2 Å². The predicted molar refractivity (Wildman–Crippen MR) is 74.7 cm³/mol. The lowest BCUT2D eigenvalue weighted by Crippen LogP contribution is -2.34. The third-order valence-electron chi connectivity index (χ3n) is 3.65. The number of benzene rings is 1. The van der Waals surface area contributed by atoms with E-state index in [4.69, 9.17) is 0 Å². The molecule has 0 heterocycles. The zero-order chi connectivity index (χ0) is 13.8. The van der Waals surface area contributed by atoms with Crippen LogP contribution in [0.4, 0.5) is 0 Å². The van der Waals surface area contributed by atoms with Gasteiger partial charge in [-0.1, -0.05) is 45.4 Å². The molecule has 3 N–H and O–H groups in total. The van der Waals surface area contributed by atoms with Crippen LogP contribution in [0.3, 0.4) is 0 Å². The van der Waals surface area contributed by atoms with Crippen LogP contribution in [-0.2, 0) is 12.0 Å². The molecule has 0 spiro atoms. The first kappa shape index (κ1) is 15.2. The maximum atomic E-state index is 10.5. The fourth-order valence-electron chi connectivity index (χ4n) is 2.29. The Bertz CT molecular complexity index is 387. The average molecular weight is 250 g/mol. The molecule has 100 valence electrons. The number of hydrogen-bond acceptors (Lipinski definition) is 3. The van der Waals surface area contributed by atoms with E-state index in [2.05, 4.69) is 0 Å². The first-order chi connectivity index (χ1) is 8.48. The van der Waals surface area contributed by atoms with E-state index in [0.29, 0.717) is 18.3 Å². The molecule has 0 radical (unpaired) electrons. The molecular weight excluding hydrogens is 227 g/mol. The van der Waals surface area contributed by atoms with Crippen molar-refractivity contribution in [3.8, 4) is 0 Å². The van der Waals surface area contributed by atoms with E-state index < -0.39 is 12.7 Å². The largest absolute Gasteiger partial charge is 0.488 e. The molecule has 0 saturated carbocycles. The van der Waals surface area contributed by atoms with Crippen molar-refractivity contribution < 1.29 is 15.2 Å². The van der Waals surface area contributed by atoms with E-state index >= 15 is 0 Å². The molecule has 18 heavy (non-hydrogen) atoms. The Morgan fingerprint density at radius 3 is 2.17 bits per heavy atom. The van der Waals surface area contributed by atoms with Crippen LogP contribution in [0.2, 0.25) is 0 Å². The molecule has 0 aromatic heterocycles. The molecule has 4 heteroatoms. The molecule has 0 aliphatic heterocycles. The minimum Gasteiger partial charge on any atom is -0.423 e. The lowest BCUT2D eigenvalue weighted by Gasteiger charge is -2.27. The number of aryl methyl sites for hydroxylation is 1. The fourth-order valence-corrected chi connectivity index (χ4v) is 2.29. The lowest BCUT2D eigenvalue weighted by atomic mass is 9.74. The van der Waals surface area contributed by atoms with Crippen LogP contribution >= 0.6 is 0 Å². The summed E-state index contributed by atoms with van der Waals surface area (Å²) >= 11 is 0. The van der Waals surface area contributed by atoms with E-state index in [1.165, 1.54) is 0 Å². The summed E-state index contributed by atoms with van der Waals surface area (Å²) < 4.78 is 0. The van der Waals surface area contributed by atoms with Gasteiger partial charge in [0.1, 0.15) is 0 Å². The minimum atomic E-state index is -1.45. The van der Waals surface area contributed by atoms with Gasteiger partial charge in [-0.25, -0.2) is 0 Å². The van der Waals surface area contributed by atoms with Crippen LogP contribution in [0.25, 0.3) is 0 Å². The first-order valence-corrected chi connectivity index (χ1v) is 6.70. The molecule has 0 fully saturated rings. The fraction of sp³-hybridized carbons (Fsp3) is 0.571. The second-order valence-corrected chi connectivity index (χ2v) is 4.78. The summed E-state index contributed by atoms with van der Waals surface area (Å²) in [7, 11) is -1.45. The zero-order valence-electron chi connectivity index (χ0n) is 11.5. The minimum absolute atomic E-state index is 0.537. The molecule has 0 unspecified atom stereocenters. The Hall–Kier alpha value is -0.835. The Labute approximate surface area is 110 Å². The van der Waals surface area contributed by atoms with Crippen molar-refractivity contribution in [1.82, 2.24) is 0 Å². The van der Waals surface area contributed by atoms with Gasteiger partial charge in [-0.15, -0.1) is 0 Å². The monoisotopic (exact) mass is 250 g/mol. The van der Waals surface area contributed by atoms with Crippen molar-refractivity contribution in [3.05, 3.63) is 29.3 Å². The Balaban J connectivity index is 3.21. The highest BCUT2D eigenvalue weighted by molar-refractivity contribution is 6.59. The SMILES string of the molecule is CCCc1cc(C(O)(CC)CC)ccc1B(O)O. The van der Waals surface area contributed by atoms with Crippen LogP contribution in [0.1, 0.15) is 51.2 Å². The highest BCUT2D eigenvalue weighted by atomic mass is 16.4. The molecule has 1 aromatic carbocycles. The third kappa shape index (κ3) is 3.13. The third-order valence-corrected chi connectivity index (χ3v) is 3.65. The first-order valence-electron chi connectivity index (χ1n) is 6.70. The maximum Gasteiger partial charge on any atom is 0.488 e. The summed E-state index contributed by atoms with van der Waals surface area (Å²) in [5.41, 5.74) is 1.49. The van der Waals surface area contributed by atoms with Crippen LogP contribution in [0.5, 0.6) is 0 Å². The Morgan fingerprint density at radius 1 is 1.11 bits per heavy atom. The molecule has 0 atom stereocenters. The topological polar surface area (TPSA) is 60.7 Å². The second kappa shape index (κ2) is 6.37. The van der Waals surface area contributed by atoms with Crippen molar-refractivity contribution in [2.45, 2.75) is 52.1 Å². The molecule has 0 bridgehead atoms. The van der Waals surface area contributed by atoms with Gasteiger partial charge in [-0.2, -0.15) is 0 Å². The van der Waals surface area contributed by atoms with E-state index in [1.807, 2.05) is 26.8 Å². The highest BCUT2D eigenvalue weighted by Crippen LogP contribution is 2.28. The van der Waals surface area contributed by atoms with Gasteiger partial charge in [0, 0.05) is 0 Å². The molecule has 0 aliphatic rings. The van der Waals surface area contributed by atoms with Crippen LogP contribution in [-0.4, -0.2) is 22.3 Å². The van der Waals surface area contributed by atoms with Gasteiger partial charge in [-0.3, -0.25) is 0 Å². The van der Waals surface area contributed by atoms with Gasteiger partial charge in [0.05, 0.1) is 5.60 Å². The summed E-state index contributed by atoms with van der Waals surface area (Å²) in [6.07, 6.45) is 3.01. The van der Waals surface area contributed by atoms with Gasteiger partial charge in [0.2, 0.25) is 0 Å². The molecule has 0 amide bonds. The molecule has 1 rings (SSSR count). The van der Waals surface area contributed by atoms with Crippen molar-refractivity contribution in [2.75, 3.05) is 0 Å². The number of hydrogen-bond donors (Lipinski definition) is 3. The normalized spacial score (nSPS) is 11.7. The van der Waals surface area contributed by atoms with Gasteiger partial charge >= 0.3 is 7.12 Å². The van der Waals surface area contributed by atoms with Gasteiger partial charge in [-0.05, 0) is 35.9 Å². The summed E-state index contributed by atoms with van der Waals surface area (Å²) in [6, 6.07) is 5.41. The smallest absolute Gasteiger partial charge is 0.423 e. The van der Waals surface area contributed by atoms with Gasteiger partial charge in [0.15, 0.2) is 0 Å². The Morgan fingerprint density at radius 2 is 1.72 bits per heavy atom. The number of rotatable bonds is 6. The quantitative estimate of drug-likeness (QED) is 0.667. The summed E-state index contributed by atoms with van der Waals surface area (Å²) in [4.78, 5) is 0. The van der Waals surface area contributed by atoms with Crippen molar-refractivity contribution in [2.24, 2.45) is 0 Å². The lowest BCUT2D eigenvalue weighted by molar-refractivity contribution is 0.0283. The molecule has 0 aliphatic carbocycles. The van der Waals surface area contributed by atoms with E-state index in [-0.39, 0.29) is 0 Å². The van der Waals surface area contributed by atoms with Gasteiger partial charge in [0.25, 0.3) is 0 Å². The zero-order valence-corrected chi connectivity index (χ0v) is 11.5. The van der Waals surface area contributed by atoms with Crippen molar-refractivity contribution >= 4 is 12.6 Å². The summed E-state index contributed by atoms with van der Waals surface area (Å²) in [5, 5.41) is 29.2. The van der Waals surface area contributed by atoms with Gasteiger partial charge < -0.3 is 15.2 Å². The maximum absolute atomic E-state index is 10.5. The van der Waals surface area contributed by atoms with E-state index in [9.17, 15) is 15.2 Å².